The van der Waals surface area contributed by atoms with E-state index < -0.39 is 0 Å². The maximum atomic E-state index is 13.6. The van der Waals surface area contributed by atoms with Gasteiger partial charge in [0.15, 0.2) is 5.16 Å². The van der Waals surface area contributed by atoms with Gasteiger partial charge in [-0.2, -0.15) is 0 Å². The van der Waals surface area contributed by atoms with E-state index in [9.17, 15) is 9.59 Å². The van der Waals surface area contributed by atoms with Crippen molar-refractivity contribution in [3.8, 4) is 0 Å². The van der Waals surface area contributed by atoms with Gasteiger partial charge in [0, 0.05) is 31.2 Å². The Balaban J connectivity index is 1.82. The fourth-order valence-corrected chi connectivity index (χ4v) is 6.20. The lowest BCUT2D eigenvalue weighted by Crippen LogP contribution is -2.33. The van der Waals surface area contributed by atoms with Crippen LogP contribution in [-0.4, -0.2) is 66.0 Å². The van der Waals surface area contributed by atoms with Gasteiger partial charge < -0.3 is 15.0 Å². The van der Waals surface area contributed by atoms with Crippen molar-refractivity contribution >= 4 is 39.2 Å². The summed E-state index contributed by atoms with van der Waals surface area (Å²) in [6.07, 6.45) is 5.97. The van der Waals surface area contributed by atoms with Crippen LogP contribution in [0.3, 0.4) is 0 Å². The minimum absolute atomic E-state index is 0.0360. The number of thioether (sulfide) groups is 1. The summed E-state index contributed by atoms with van der Waals surface area (Å²) in [6, 6.07) is 0. The molecule has 0 saturated heterocycles. The minimum Gasteiger partial charge on any atom is -0.382 e. The second kappa shape index (κ2) is 12.2. The molecule has 1 aliphatic carbocycles. The van der Waals surface area contributed by atoms with Crippen LogP contribution in [0.5, 0.6) is 0 Å². The number of nitrogens with zero attached hydrogens (tertiary/aromatic N) is 3. The maximum Gasteiger partial charge on any atom is 0.263 e. The van der Waals surface area contributed by atoms with Crippen LogP contribution < -0.4 is 10.9 Å². The van der Waals surface area contributed by atoms with E-state index >= 15 is 0 Å². The predicted octanol–water partition coefficient (Wildman–Crippen LogP) is 3.31. The molecule has 1 aliphatic rings. The predicted molar refractivity (Wildman–Crippen MR) is 133 cm³/mol. The second-order valence-electron chi connectivity index (χ2n) is 8.50. The van der Waals surface area contributed by atoms with E-state index in [0.29, 0.717) is 31.5 Å². The van der Waals surface area contributed by atoms with E-state index in [1.54, 1.807) is 15.9 Å². The van der Waals surface area contributed by atoms with Crippen molar-refractivity contribution in [3.05, 3.63) is 20.8 Å². The molecule has 1 unspecified atom stereocenters. The highest BCUT2D eigenvalue weighted by Gasteiger charge is 2.24. The van der Waals surface area contributed by atoms with Crippen LogP contribution in [-0.2, 0) is 28.9 Å². The summed E-state index contributed by atoms with van der Waals surface area (Å²) in [6.45, 7) is 7.26. The fraction of sp³-hybridized carbons (Fsp3) is 0.696. The summed E-state index contributed by atoms with van der Waals surface area (Å²) >= 11 is 3.04. The number of carbonyl (C=O) groups excluding carboxylic acids is 1. The summed E-state index contributed by atoms with van der Waals surface area (Å²) < 4.78 is 7.13. The topological polar surface area (TPSA) is 76.5 Å². The number of aryl methyl sites for hydroxylation is 2. The van der Waals surface area contributed by atoms with E-state index in [0.717, 1.165) is 48.9 Å². The average Bonchev–Trinajstić information content (AvgIpc) is 3.13. The monoisotopic (exact) mass is 480 g/mol. The van der Waals surface area contributed by atoms with Crippen LogP contribution in [0.2, 0.25) is 0 Å². The molecule has 2 aromatic heterocycles. The second-order valence-corrected chi connectivity index (χ2v) is 10.9. The lowest BCUT2D eigenvalue weighted by atomic mass is 9.97. The quantitative estimate of drug-likeness (QED) is 0.285. The molecule has 9 heteroatoms. The van der Waals surface area contributed by atoms with Gasteiger partial charge in [0.2, 0.25) is 5.91 Å². The number of amides is 1. The Bertz CT molecular complexity index is 970. The van der Waals surface area contributed by atoms with Gasteiger partial charge in [-0.1, -0.05) is 11.8 Å². The number of ether oxygens (including phenoxy) is 1. The zero-order chi connectivity index (χ0) is 23.1. The Hall–Kier alpha value is -1.42. The first-order valence-corrected chi connectivity index (χ1v) is 13.3. The molecule has 7 nitrogen and oxygen atoms in total. The molecule has 32 heavy (non-hydrogen) atoms. The molecule has 0 fully saturated rings. The van der Waals surface area contributed by atoms with E-state index in [4.69, 9.17) is 9.72 Å². The number of hydrogen-bond donors (Lipinski definition) is 1. The zero-order valence-electron chi connectivity index (χ0n) is 19.7. The Morgan fingerprint density at radius 2 is 2.09 bits per heavy atom. The molecular weight excluding hydrogens is 444 g/mol. The number of thiophene rings is 1. The molecule has 2 heterocycles. The fourth-order valence-electron chi connectivity index (χ4n) is 3.94. The Morgan fingerprint density at radius 3 is 2.84 bits per heavy atom. The first-order chi connectivity index (χ1) is 15.4. The molecule has 3 rings (SSSR count). The van der Waals surface area contributed by atoms with Crippen LogP contribution in [0.1, 0.15) is 50.0 Å². The molecule has 0 saturated carbocycles. The third kappa shape index (κ3) is 6.34. The molecule has 0 radical (unpaired) electrons. The largest absolute Gasteiger partial charge is 0.382 e. The van der Waals surface area contributed by atoms with Crippen molar-refractivity contribution < 1.29 is 9.53 Å². The maximum absolute atomic E-state index is 13.6. The molecule has 2 aromatic rings. The van der Waals surface area contributed by atoms with Gasteiger partial charge in [-0.05, 0) is 78.6 Å². The van der Waals surface area contributed by atoms with Crippen molar-refractivity contribution in [3.63, 3.8) is 0 Å². The van der Waals surface area contributed by atoms with Gasteiger partial charge in [0.25, 0.3) is 5.56 Å². The minimum atomic E-state index is -0.332. The van der Waals surface area contributed by atoms with Crippen LogP contribution >= 0.6 is 23.1 Å². The highest BCUT2D eigenvalue weighted by molar-refractivity contribution is 8.00. The van der Waals surface area contributed by atoms with E-state index in [-0.39, 0.29) is 16.7 Å². The lowest BCUT2D eigenvalue weighted by molar-refractivity contribution is -0.120. The smallest absolute Gasteiger partial charge is 0.263 e. The number of nitrogens with one attached hydrogen (secondary N) is 1. The van der Waals surface area contributed by atoms with Gasteiger partial charge in [-0.25, -0.2) is 4.98 Å². The van der Waals surface area contributed by atoms with Gasteiger partial charge in [0.05, 0.1) is 10.6 Å². The molecule has 0 aromatic carbocycles. The molecule has 0 bridgehead atoms. The Kier molecular flexibility index (Phi) is 9.58. The van der Waals surface area contributed by atoms with Crippen molar-refractivity contribution in [2.45, 2.75) is 69.3 Å². The van der Waals surface area contributed by atoms with E-state index in [2.05, 4.69) is 10.2 Å². The number of carbonyl (C=O) groups is 1. The van der Waals surface area contributed by atoms with Crippen LogP contribution in [0.4, 0.5) is 0 Å². The van der Waals surface area contributed by atoms with Crippen molar-refractivity contribution in [1.82, 2.24) is 19.8 Å². The first-order valence-electron chi connectivity index (χ1n) is 11.6. The number of aromatic nitrogens is 2. The SMILES string of the molecule is CCOCCCNC(=O)C(C)Sc1nc2sc3c(c2c(=O)n1CCCN(C)C)CCCC3. The molecule has 0 spiro atoms. The summed E-state index contributed by atoms with van der Waals surface area (Å²) in [7, 11) is 4.07. The number of rotatable bonds is 12. The van der Waals surface area contributed by atoms with Gasteiger partial charge >= 0.3 is 0 Å². The molecule has 1 atom stereocenters. The third-order valence-electron chi connectivity index (χ3n) is 5.65. The molecule has 0 aliphatic heterocycles. The lowest BCUT2D eigenvalue weighted by Gasteiger charge is -2.17. The standard InChI is InChI=1S/C23H36N4O3S2/c1-5-30-15-8-12-24-20(28)16(2)31-23-25-21-19(17-10-6-7-11-18(17)32-21)22(29)27(23)14-9-13-26(3)4/h16H,5-15H2,1-4H3,(H,24,28). The van der Waals surface area contributed by atoms with Gasteiger partial charge in [-0.3, -0.25) is 14.2 Å². The highest BCUT2D eigenvalue weighted by atomic mass is 32.2. The molecule has 1 amide bonds. The van der Waals surface area contributed by atoms with Crippen molar-refractivity contribution in [2.24, 2.45) is 0 Å². The van der Waals surface area contributed by atoms with Gasteiger partial charge in [0.1, 0.15) is 4.83 Å². The summed E-state index contributed by atoms with van der Waals surface area (Å²) in [4.78, 5) is 35.4. The van der Waals surface area contributed by atoms with Crippen molar-refractivity contribution in [2.75, 3.05) is 40.4 Å². The zero-order valence-corrected chi connectivity index (χ0v) is 21.4. The van der Waals surface area contributed by atoms with Crippen LogP contribution in [0.15, 0.2) is 9.95 Å². The van der Waals surface area contributed by atoms with Crippen LogP contribution in [0.25, 0.3) is 10.2 Å². The van der Waals surface area contributed by atoms with Gasteiger partial charge in [-0.15, -0.1) is 11.3 Å². The summed E-state index contributed by atoms with van der Waals surface area (Å²) in [5.74, 6) is -0.0360. The van der Waals surface area contributed by atoms with Crippen LogP contribution in [0, 0.1) is 0 Å². The summed E-state index contributed by atoms with van der Waals surface area (Å²) in [5, 5.41) is 4.10. The molecular formula is C23H36N4O3S2. The van der Waals surface area contributed by atoms with E-state index in [1.807, 2.05) is 27.9 Å². The molecule has 1 N–H and O–H groups in total. The third-order valence-corrected chi connectivity index (χ3v) is 7.92. The average molecular weight is 481 g/mol. The summed E-state index contributed by atoms with van der Waals surface area (Å²) in [5.41, 5.74) is 1.27. The van der Waals surface area contributed by atoms with Crippen molar-refractivity contribution in [1.29, 1.82) is 0 Å². The van der Waals surface area contributed by atoms with E-state index in [1.165, 1.54) is 28.6 Å². The molecule has 178 valence electrons. The number of fused-ring (bicyclic) bond motifs is 3. The normalized spacial score (nSPS) is 14.7. The Labute approximate surface area is 198 Å². The highest BCUT2D eigenvalue weighted by Crippen LogP contribution is 2.35. The number of hydrogen-bond acceptors (Lipinski definition) is 7. The first kappa shape index (κ1) is 25.2. The Morgan fingerprint density at radius 1 is 1.31 bits per heavy atom.